The minimum atomic E-state index is -0.0296. The van der Waals surface area contributed by atoms with Gasteiger partial charge in [-0.15, -0.1) is 0 Å². The average Bonchev–Trinajstić information content (AvgIpc) is 2.34. The maximum absolute atomic E-state index is 12.4. The molecule has 3 heteroatoms. The summed E-state index contributed by atoms with van der Waals surface area (Å²) >= 11 is 0. The number of nitrogens with one attached hydrogen (secondary N) is 1. The number of benzene rings is 1. The summed E-state index contributed by atoms with van der Waals surface area (Å²) in [5.74, 6) is 1.30. The summed E-state index contributed by atoms with van der Waals surface area (Å²) in [4.78, 5) is 12.4. The average molecular weight is 277 g/mol. The minimum Gasteiger partial charge on any atom is -0.497 e. The molecule has 1 aromatic rings. The van der Waals surface area contributed by atoms with Gasteiger partial charge in [-0.25, -0.2) is 0 Å². The van der Waals surface area contributed by atoms with Crippen LogP contribution >= 0.6 is 0 Å². The lowest BCUT2D eigenvalue weighted by molar-refractivity contribution is -0.130. The Balaban J connectivity index is 2.65. The standard InChI is InChI=1S/C17H27NO2/c1-12(2)15(17(3,4)5)16(19)18-11-13-7-9-14(20-6)10-8-13/h7-10,12,15H,11H2,1-6H3,(H,18,19). The third-order valence-corrected chi connectivity index (χ3v) is 3.51. The van der Waals surface area contributed by atoms with Crippen LogP contribution in [-0.4, -0.2) is 13.0 Å². The first-order chi connectivity index (χ1) is 9.25. The summed E-state index contributed by atoms with van der Waals surface area (Å²) in [5.41, 5.74) is 1.05. The molecule has 0 aliphatic rings. The van der Waals surface area contributed by atoms with Crippen molar-refractivity contribution >= 4 is 5.91 Å². The number of methoxy groups -OCH3 is 1. The first-order valence-corrected chi connectivity index (χ1v) is 7.16. The Kier molecular flexibility index (Phi) is 5.61. The second-order valence-corrected chi connectivity index (χ2v) is 6.65. The highest BCUT2D eigenvalue weighted by atomic mass is 16.5. The van der Waals surface area contributed by atoms with Gasteiger partial charge in [-0.2, -0.15) is 0 Å². The van der Waals surface area contributed by atoms with E-state index in [0.29, 0.717) is 12.5 Å². The first kappa shape index (κ1) is 16.5. The van der Waals surface area contributed by atoms with Crippen molar-refractivity contribution in [3.8, 4) is 5.75 Å². The number of hydrogen-bond acceptors (Lipinski definition) is 2. The number of amides is 1. The fraction of sp³-hybridized carbons (Fsp3) is 0.588. The summed E-state index contributed by atoms with van der Waals surface area (Å²) in [7, 11) is 1.65. The molecule has 0 bridgehead atoms. The van der Waals surface area contributed by atoms with Crippen molar-refractivity contribution in [3.05, 3.63) is 29.8 Å². The Morgan fingerprint density at radius 1 is 1.20 bits per heavy atom. The van der Waals surface area contributed by atoms with Crippen molar-refractivity contribution in [2.75, 3.05) is 7.11 Å². The predicted octanol–water partition coefficient (Wildman–Crippen LogP) is 3.63. The van der Waals surface area contributed by atoms with E-state index in [0.717, 1.165) is 11.3 Å². The van der Waals surface area contributed by atoms with E-state index in [2.05, 4.69) is 39.9 Å². The zero-order chi connectivity index (χ0) is 15.3. The lowest BCUT2D eigenvalue weighted by Gasteiger charge is -2.32. The van der Waals surface area contributed by atoms with Crippen LogP contribution in [0.4, 0.5) is 0 Å². The third kappa shape index (κ3) is 4.55. The van der Waals surface area contributed by atoms with E-state index in [1.54, 1.807) is 7.11 Å². The molecule has 1 unspecified atom stereocenters. The van der Waals surface area contributed by atoms with Crippen molar-refractivity contribution < 1.29 is 9.53 Å². The van der Waals surface area contributed by atoms with Crippen molar-refractivity contribution in [1.29, 1.82) is 0 Å². The van der Waals surface area contributed by atoms with Gasteiger partial charge in [-0.3, -0.25) is 4.79 Å². The van der Waals surface area contributed by atoms with Crippen molar-refractivity contribution in [2.45, 2.75) is 41.2 Å². The summed E-state index contributed by atoms with van der Waals surface area (Å²) in [5, 5.41) is 3.04. The molecule has 1 rings (SSSR count). The smallest absolute Gasteiger partial charge is 0.224 e. The van der Waals surface area contributed by atoms with E-state index in [1.165, 1.54) is 0 Å². The molecule has 0 saturated heterocycles. The Morgan fingerprint density at radius 3 is 2.15 bits per heavy atom. The quantitative estimate of drug-likeness (QED) is 0.892. The van der Waals surface area contributed by atoms with Gasteiger partial charge in [0.1, 0.15) is 5.75 Å². The van der Waals surface area contributed by atoms with Gasteiger partial charge < -0.3 is 10.1 Å². The summed E-state index contributed by atoms with van der Waals surface area (Å²) in [6, 6.07) is 7.76. The normalized spacial score (nSPS) is 13.2. The van der Waals surface area contributed by atoms with Gasteiger partial charge in [-0.1, -0.05) is 46.8 Å². The van der Waals surface area contributed by atoms with Crippen molar-refractivity contribution in [1.82, 2.24) is 5.32 Å². The molecular weight excluding hydrogens is 250 g/mol. The molecule has 0 aromatic heterocycles. The fourth-order valence-electron chi connectivity index (χ4n) is 2.74. The SMILES string of the molecule is COc1ccc(CNC(=O)C(C(C)C)C(C)(C)C)cc1. The maximum atomic E-state index is 12.4. The van der Waals surface area contributed by atoms with Gasteiger partial charge in [0.2, 0.25) is 5.91 Å². The first-order valence-electron chi connectivity index (χ1n) is 7.16. The molecule has 0 fully saturated rings. The fourth-order valence-corrected chi connectivity index (χ4v) is 2.74. The molecule has 0 heterocycles. The molecule has 1 N–H and O–H groups in total. The topological polar surface area (TPSA) is 38.3 Å². The molecule has 0 aliphatic heterocycles. The minimum absolute atomic E-state index is 0.0146. The summed E-state index contributed by atoms with van der Waals surface area (Å²) in [6.07, 6.45) is 0. The van der Waals surface area contributed by atoms with Crippen LogP contribution in [0.2, 0.25) is 0 Å². The highest BCUT2D eigenvalue weighted by Crippen LogP contribution is 2.32. The van der Waals surface area contributed by atoms with Crippen LogP contribution in [0.3, 0.4) is 0 Å². The molecule has 20 heavy (non-hydrogen) atoms. The van der Waals surface area contributed by atoms with Crippen LogP contribution in [0.5, 0.6) is 5.75 Å². The van der Waals surface area contributed by atoms with E-state index in [1.807, 2.05) is 24.3 Å². The molecule has 1 atom stereocenters. The summed E-state index contributed by atoms with van der Waals surface area (Å²) in [6.45, 7) is 11.1. The lowest BCUT2D eigenvalue weighted by atomic mass is 9.74. The number of rotatable bonds is 5. The van der Waals surface area contributed by atoms with Gasteiger partial charge >= 0.3 is 0 Å². The van der Waals surface area contributed by atoms with Crippen LogP contribution in [-0.2, 0) is 11.3 Å². The molecule has 1 amide bonds. The highest BCUT2D eigenvalue weighted by molar-refractivity contribution is 5.79. The Bertz CT molecular complexity index is 429. The molecule has 0 radical (unpaired) electrons. The number of hydrogen-bond donors (Lipinski definition) is 1. The zero-order valence-corrected chi connectivity index (χ0v) is 13.5. The van der Waals surface area contributed by atoms with Crippen molar-refractivity contribution in [3.63, 3.8) is 0 Å². The lowest BCUT2D eigenvalue weighted by Crippen LogP contribution is -2.40. The van der Waals surface area contributed by atoms with Gasteiger partial charge in [0.05, 0.1) is 7.11 Å². The van der Waals surface area contributed by atoms with E-state index < -0.39 is 0 Å². The largest absolute Gasteiger partial charge is 0.497 e. The van der Waals surface area contributed by atoms with Crippen LogP contribution in [0.1, 0.15) is 40.2 Å². The monoisotopic (exact) mass is 277 g/mol. The van der Waals surface area contributed by atoms with E-state index in [4.69, 9.17) is 4.74 Å². The molecular formula is C17H27NO2. The zero-order valence-electron chi connectivity index (χ0n) is 13.5. The third-order valence-electron chi connectivity index (χ3n) is 3.51. The molecule has 3 nitrogen and oxygen atoms in total. The van der Waals surface area contributed by atoms with Crippen molar-refractivity contribution in [2.24, 2.45) is 17.3 Å². The van der Waals surface area contributed by atoms with Gasteiger partial charge in [0, 0.05) is 12.5 Å². The molecule has 0 saturated carbocycles. The van der Waals surface area contributed by atoms with Crippen LogP contribution in [0, 0.1) is 17.3 Å². The van der Waals surface area contributed by atoms with E-state index >= 15 is 0 Å². The summed E-state index contributed by atoms with van der Waals surface area (Å²) < 4.78 is 5.12. The number of ether oxygens (including phenoxy) is 1. The van der Waals surface area contributed by atoms with Gasteiger partial charge in [0.15, 0.2) is 0 Å². The Morgan fingerprint density at radius 2 is 1.75 bits per heavy atom. The Hall–Kier alpha value is -1.51. The Labute approximate surface area is 122 Å². The van der Waals surface area contributed by atoms with E-state index in [-0.39, 0.29) is 17.2 Å². The van der Waals surface area contributed by atoms with Gasteiger partial charge in [-0.05, 0) is 29.0 Å². The van der Waals surface area contributed by atoms with E-state index in [9.17, 15) is 4.79 Å². The van der Waals surface area contributed by atoms with Crippen LogP contribution in [0.25, 0.3) is 0 Å². The number of carbonyl (C=O) groups excluding carboxylic acids is 1. The van der Waals surface area contributed by atoms with Gasteiger partial charge in [0.25, 0.3) is 0 Å². The molecule has 0 aliphatic carbocycles. The molecule has 1 aromatic carbocycles. The predicted molar refractivity (Wildman–Crippen MR) is 82.6 cm³/mol. The van der Waals surface area contributed by atoms with Crippen LogP contribution < -0.4 is 10.1 Å². The second-order valence-electron chi connectivity index (χ2n) is 6.65. The molecule has 0 spiro atoms. The molecule has 112 valence electrons. The number of carbonyl (C=O) groups is 1. The maximum Gasteiger partial charge on any atom is 0.224 e. The highest BCUT2D eigenvalue weighted by Gasteiger charge is 2.33. The second kappa shape index (κ2) is 6.78. The van der Waals surface area contributed by atoms with Crippen LogP contribution in [0.15, 0.2) is 24.3 Å².